The Kier molecular flexibility index (Phi) is 29.7. The van der Waals surface area contributed by atoms with Gasteiger partial charge in [-0.3, -0.25) is 19.3 Å². The fraction of sp³-hybridized carbons (Fsp3) is 0.906. The van der Waals surface area contributed by atoms with E-state index in [1.165, 1.54) is 4.90 Å². The van der Waals surface area contributed by atoms with Gasteiger partial charge in [0.1, 0.15) is 79.4 Å². The third-order valence-corrected chi connectivity index (χ3v) is 16.2. The molecule has 0 saturated carbocycles. The van der Waals surface area contributed by atoms with Gasteiger partial charge >= 0.3 is 18.1 Å². The van der Waals surface area contributed by atoms with E-state index in [4.69, 9.17) is 102 Å². The number of hydrogen-bond donors (Lipinski definition) is 2. The molecule has 0 aromatic carbocycles. The predicted molar refractivity (Wildman–Crippen MR) is 319 cm³/mol. The molecule has 12 radical (unpaired) electrons. The first-order valence-electron chi connectivity index (χ1n) is 29.5. The monoisotopic (exact) mass is 1180 g/mol. The van der Waals surface area contributed by atoms with Crippen molar-refractivity contribution in [2.45, 2.75) is 212 Å². The van der Waals surface area contributed by atoms with E-state index in [1.807, 2.05) is 41.5 Å². The number of carbonyl (C=O) groups is 5. The highest BCUT2D eigenvalue weighted by molar-refractivity contribution is 6.12. The van der Waals surface area contributed by atoms with Gasteiger partial charge in [0, 0.05) is 63.7 Å². The van der Waals surface area contributed by atoms with Crippen LogP contribution in [0.1, 0.15) is 115 Å². The lowest BCUT2D eigenvalue weighted by atomic mass is 9.84. The van der Waals surface area contributed by atoms with Crippen LogP contribution in [0, 0.1) is 53.3 Å². The second-order valence-corrected chi connectivity index (χ2v) is 24.7. The molecule has 6 aliphatic rings. The molecule has 0 spiro atoms. The molecule has 6 aliphatic heterocycles. The average molecular weight is 1180 g/mol. The Morgan fingerprint density at radius 2 is 1.02 bits per heavy atom. The lowest BCUT2D eigenvalue weighted by Gasteiger charge is -2.30. The third-order valence-electron chi connectivity index (χ3n) is 16.2. The Morgan fingerprint density at radius 1 is 0.553 bits per heavy atom. The minimum atomic E-state index is -0.773. The third kappa shape index (κ3) is 21.8. The molecule has 2 N–H and O–H groups in total. The van der Waals surface area contributed by atoms with Crippen LogP contribution in [0.15, 0.2) is 15.3 Å². The minimum Gasteiger partial charge on any atom is -0.458 e. The lowest BCUT2D eigenvalue weighted by molar-refractivity contribution is -0.157. The predicted octanol–water partition coefficient (Wildman–Crippen LogP) is 5.10. The summed E-state index contributed by atoms with van der Waals surface area (Å²) in [6.45, 7) is 23.4. The molecule has 458 valence electrons. The van der Waals surface area contributed by atoms with E-state index >= 15 is 0 Å². The van der Waals surface area contributed by atoms with Crippen LogP contribution >= 0.6 is 0 Å². The molecule has 32 heteroatoms. The molecule has 6 fully saturated rings. The van der Waals surface area contributed by atoms with Gasteiger partial charge in [-0.1, -0.05) is 98.4 Å². The molecule has 19 unspecified atom stereocenters. The van der Waals surface area contributed by atoms with Gasteiger partial charge in [0.2, 0.25) is 11.8 Å². The maximum absolute atomic E-state index is 13.0. The first kappa shape index (κ1) is 72.7. The number of esters is 1. The minimum absolute atomic E-state index is 0.0359. The fourth-order valence-corrected chi connectivity index (χ4v) is 11.9. The quantitative estimate of drug-likeness (QED) is 0.0469. The van der Waals surface area contributed by atoms with E-state index in [0.717, 1.165) is 11.3 Å². The zero-order chi connectivity index (χ0) is 63.6. The summed E-state index contributed by atoms with van der Waals surface area (Å²) in [5.41, 5.74) is 25.8. The number of alkyl carbamates (subject to hydrolysis) is 1. The fourth-order valence-electron chi connectivity index (χ4n) is 11.9. The van der Waals surface area contributed by atoms with Gasteiger partial charge in [-0.25, -0.2) is 9.59 Å². The second-order valence-electron chi connectivity index (χ2n) is 24.7. The number of azide groups is 3. The average Bonchev–Trinajstić information content (AvgIpc) is 3.11. The Morgan fingerprint density at radius 3 is 1.53 bits per heavy atom. The molecule has 6 saturated heterocycles. The summed E-state index contributed by atoms with van der Waals surface area (Å²) in [7, 11) is 35.4. The number of nitrogens with one attached hydrogen (secondary N) is 2. The molecule has 0 aromatic rings. The SMILES string of the molecule is [B]C1CC(C(C)C)C(CN(C(=O)CN=[N+]=[N-])C(=O)NC2CC([B])OC2C(C)C)O1.[B]C1CC(C(C)C)C(CN(CC(=O)OC2CC([B])OC2C(C)C)C(=O)CN=[N+]=[N-])O1.[B]C1CC(C(C)C)C(COC(=O)NC2C(N=[N+]=[N-])C([B])OC2C(C)C)O1. The smallest absolute Gasteiger partial charge is 0.407 e. The van der Waals surface area contributed by atoms with Gasteiger partial charge in [0.05, 0.1) is 61.3 Å². The Balaban J connectivity index is 0.000000274. The molecular formula is C53H85B6N13O13. The van der Waals surface area contributed by atoms with Crippen molar-refractivity contribution >= 4 is 77.0 Å². The van der Waals surface area contributed by atoms with Gasteiger partial charge in [0.25, 0.3) is 0 Å². The van der Waals surface area contributed by atoms with Gasteiger partial charge in [-0.15, -0.1) is 0 Å². The molecule has 5 amide bonds. The maximum atomic E-state index is 13.0. The van der Waals surface area contributed by atoms with Crippen LogP contribution < -0.4 is 10.6 Å². The number of ether oxygens (including phenoxy) is 8. The van der Waals surface area contributed by atoms with Gasteiger partial charge in [-0.2, -0.15) is 0 Å². The Bertz CT molecular complexity index is 2340. The van der Waals surface area contributed by atoms with E-state index in [0.29, 0.717) is 37.5 Å². The Labute approximate surface area is 508 Å². The molecular weight excluding hydrogens is 1090 g/mol. The molecule has 0 aromatic heterocycles. The zero-order valence-electron chi connectivity index (χ0n) is 51.4. The number of amides is 5. The van der Waals surface area contributed by atoms with Crippen molar-refractivity contribution in [1.29, 1.82) is 0 Å². The topological polar surface area (TPSA) is 336 Å². The first-order chi connectivity index (χ1) is 40.0. The van der Waals surface area contributed by atoms with Crippen molar-refractivity contribution in [3.05, 3.63) is 31.3 Å². The van der Waals surface area contributed by atoms with E-state index < -0.39 is 84.7 Å². The van der Waals surface area contributed by atoms with Crippen LogP contribution in [0.5, 0.6) is 0 Å². The molecule has 0 aliphatic carbocycles. The summed E-state index contributed by atoms with van der Waals surface area (Å²) in [6.07, 6.45) is 0.00483. The molecule has 6 heterocycles. The highest BCUT2D eigenvalue weighted by Gasteiger charge is 2.46. The van der Waals surface area contributed by atoms with E-state index in [-0.39, 0.29) is 123 Å². The number of hydrogen-bond acceptors (Lipinski definition) is 16. The summed E-state index contributed by atoms with van der Waals surface area (Å²) in [6, 6.07) is -5.06. The Hall–Kier alpha value is -4.77. The number of imide groups is 1. The van der Waals surface area contributed by atoms with Gasteiger partial charge in [0.15, 0.2) is 0 Å². The van der Waals surface area contributed by atoms with Gasteiger partial charge < -0.3 is 53.4 Å². The highest BCUT2D eigenvalue weighted by atomic mass is 16.6. The summed E-state index contributed by atoms with van der Waals surface area (Å²) in [5.74, 6) is 0.144. The van der Waals surface area contributed by atoms with E-state index in [1.54, 1.807) is 0 Å². The molecule has 19 atom stereocenters. The van der Waals surface area contributed by atoms with Crippen molar-refractivity contribution in [3.8, 4) is 0 Å². The first-order valence-corrected chi connectivity index (χ1v) is 29.5. The number of nitrogens with zero attached hydrogens (tertiary/aromatic N) is 11. The van der Waals surface area contributed by atoms with Crippen molar-refractivity contribution in [2.24, 2.45) is 68.6 Å². The van der Waals surface area contributed by atoms with Crippen LogP contribution in [-0.2, 0) is 52.3 Å². The number of urea groups is 1. The van der Waals surface area contributed by atoms with Crippen LogP contribution in [-0.4, -0.2) is 223 Å². The van der Waals surface area contributed by atoms with Crippen molar-refractivity contribution in [2.75, 3.05) is 39.3 Å². The van der Waals surface area contributed by atoms with Gasteiger partial charge in [-0.05, 0) is 95.5 Å². The zero-order valence-corrected chi connectivity index (χ0v) is 51.4. The molecule has 26 nitrogen and oxygen atoms in total. The van der Waals surface area contributed by atoms with Crippen molar-refractivity contribution in [3.63, 3.8) is 0 Å². The lowest BCUT2D eigenvalue weighted by Crippen LogP contribution is -2.53. The van der Waals surface area contributed by atoms with Crippen LogP contribution in [0.3, 0.4) is 0 Å². The van der Waals surface area contributed by atoms with Crippen molar-refractivity contribution < 1.29 is 61.9 Å². The molecule has 6 rings (SSSR count). The highest BCUT2D eigenvalue weighted by Crippen LogP contribution is 2.35. The summed E-state index contributed by atoms with van der Waals surface area (Å²) in [5, 5.41) is 15.9. The van der Waals surface area contributed by atoms with E-state index in [2.05, 4.69) is 82.3 Å². The van der Waals surface area contributed by atoms with Crippen LogP contribution in [0.2, 0.25) is 0 Å². The molecule has 85 heavy (non-hydrogen) atoms. The second kappa shape index (κ2) is 34.7. The van der Waals surface area contributed by atoms with Crippen LogP contribution in [0.4, 0.5) is 9.59 Å². The number of carbonyl (C=O) groups excluding carboxylic acids is 5. The largest absolute Gasteiger partial charge is 0.458 e. The summed E-state index contributed by atoms with van der Waals surface area (Å²) < 4.78 is 45.1. The normalized spacial score (nSPS) is 33.0. The summed E-state index contributed by atoms with van der Waals surface area (Å²) in [4.78, 5) is 73.5. The maximum Gasteiger partial charge on any atom is 0.407 e. The van der Waals surface area contributed by atoms with Crippen LogP contribution in [0.25, 0.3) is 31.3 Å². The number of rotatable bonds is 22. The molecule has 0 bridgehead atoms. The summed E-state index contributed by atoms with van der Waals surface area (Å²) >= 11 is 0. The standard InChI is InChI=1S/C19H30B2N4O5.C18H29B2N5O4.C16H26B2N4O4/c1-10(2)12-5-15(20)28-14(12)8-25(17(26)7-23-24-22)9-18(27)29-13-6-16(21)30-19(13)11(3)4;1-9(2)11-5-14(19)28-13(11)8-25(16(26)7-22-24-21)18(27)23-12-6-15(20)29-17(12)10(3)4;1-7(2)9-5-11(17)25-10(9)6-24-16(23)20-12-13(21-22-19)15(18)26-14(12)8(3)4/h10-16,19H,5-9H2,1-4H3;9-15,17H,5-8H2,1-4H3,(H,23,27);7-15H,5-6H2,1-4H3,(H,20,23). The van der Waals surface area contributed by atoms with E-state index in [9.17, 15) is 24.0 Å². The van der Waals surface area contributed by atoms with Crippen molar-refractivity contribution in [1.82, 2.24) is 20.4 Å².